The molecule has 0 aliphatic heterocycles. The van der Waals surface area contributed by atoms with E-state index in [-0.39, 0.29) is 23.9 Å². The summed E-state index contributed by atoms with van der Waals surface area (Å²) < 4.78 is 0. The Morgan fingerprint density at radius 2 is 2.19 bits per heavy atom. The quantitative estimate of drug-likeness (QED) is 0.638. The normalized spacial score (nSPS) is 26.4. The highest BCUT2D eigenvalue weighted by Crippen LogP contribution is 2.25. The number of nitrogens with one attached hydrogen (secondary N) is 1. The Kier molecular flexibility index (Phi) is 4.73. The lowest BCUT2D eigenvalue weighted by molar-refractivity contribution is -0.141. The van der Waals surface area contributed by atoms with Crippen molar-refractivity contribution in [1.82, 2.24) is 5.32 Å². The molecule has 1 rings (SSSR count). The molecule has 1 saturated carbocycles. The third-order valence-corrected chi connectivity index (χ3v) is 2.97. The van der Waals surface area contributed by atoms with Crippen molar-refractivity contribution < 1.29 is 14.7 Å². The first-order chi connectivity index (χ1) is 7.49. The number of aliphatic carboxylic acids is 1. The van der Waals surface area contributed by atoms with Gasteiger partial charge < -0.3 is 16.2 Å². The van der Waals surface area contributed by atoms with Crippen LogP contribution in [0, 0.1) is 5.92 Å². The first-order valence-electron chi connectivity index (χ1n) is 5.76. The van der Waals surface area contributed by atoms with E-state index < -0.39 is 5.97 Å². The predicted molar refractivity (Wildman–Crippen MR) is 59.8 cm³/mol. The van der Waals surface area contributed by atoms with Crippen molar-refractivity contribution in [3.05, 3.63) is 0 Å². The standard InChI is InChI=1S/C11H20N2O3/c1-7(12)2-5-10(14)13-9-4-3-8(6-9)11(15)16/h7-9H,2-6,12H2,1H3,(H,13,14)(H,15,16)/t7?,8-,9+/m1/s1. The Hall–Kier alpha value is -1.10. The lowest BCUT2D eigenvalue weighted by atomic mass is 10.1. The van der Waals surface area contributed by atoms with E-state index in [9.17, 15) is 9.59 Å². The van der Waals surface area contributed by atoms with Gasteiger partial charge in [0.1, 0.15) is 0 Å². The zero-order valence-electron chi connectivity index (χ0n) is 9.61. The SMILES string of the molecule is CC(N)CCC(=O)N[C@H]1CC[C@@H](C(=O)O)C1. The van der Waals surface area contributed by atoms with Gasteiger partial charge in [-0.1, -0.05) is 0 Å². The van der Waals surface area contributed by atoms with Gasteiger partial charge in [0, 0.05) is 18.5 Å². The van der Waals surface area contributed by atoms with E-state index in [0.717, 1.165) is 6.42 Å². The van der Waals surface area contributed by atoms with Crippen molar-refractivity contribution in [2.75, 3.05) is 0 Å². The fraction of sp³-hybridized carbons (Fsp3) is 0.818. The summed E-state index contributed by atoms with van der Waals surface area (Å²) in [5, 5.41) is 11.7. The molecule has 1 fully saturated rings. The van der Waals surface area contributed by atoms with Gasteiger partial charge in [-0.15, -0.1) is 0 Å². The minimum atomic E-state index is -0.757. The molecule has 0 aromatic carbocycles. The predicted octanol–water partition coefficient (Wildman–Crippen LogP) is 0.483. The molecule has 3 atom stereocenters. The topological polar surface area (TPSA) is 92.4 Å². The fourth-order valence-electron chi connectivity index (χ4n) is 2.00. The van der Waals surface area contributed by atoms with Gasteiger partial charge in [-0.2, -0.15) is 0 Å². The zero-order valence-corrected chi connectivity index (χ0v) is 9.61. The van der Waals surface area contributed by atoms with Crippen LogP contribution in [0.5, 0.6) is 0 Å². The van der Waals surface area contributed by atoms with Gasteiger partial charge in [-0.05, 0) is 32.6 Å². The summed E-state index contributed by atoms with van der Waals surface area (Å²) in [6.07, 6.45) is 3.07. The first-order valence-corrected chi connectivity index (χ1v) is 5.76. The molecule has 5 nitrogen and oxygen atoms in total. The summed E-state index contributed by atoms with van der Waals surface area (Å²) in [7, 11) is 0. The Labute approximate surface area is 95.4 Å². The van der Waals surface area contributed by atoms with Gasteiger partial charge in [-0.25, -0.2) is 0 Å². The molecule has 92 valence electrons. The van der Waals surface area contributed by atoms with E-state index in [1.807, 2.05) is 6.92 Å². The summed E-state index contributed by atoms with van der Waals surface area (Å²) >= 11 is 0. The summed E-state index contributed by atoms with van der Waals surface area (Å²) in [6.45, 7) is 1.86. The number of hydrogen-bond donors (Lipinski definition) is 3. The van der Waals surface area contributed by atoms with E-state index in [1.54, 1.807) is 0 Å². The number of nitrogens with two attached hydrogens (primary N) is 1. The lowest BCUT2D eigenvalue weighted by Crippen LogP contribution is -2.34. The summed E-state index contributed by atoms with van der Waals surface area (Å²) in [5.74, 6) is -1.07. The molecule has 0 radical (unpaired) electrons. The van der Waals surface area contributed by atoms with Crippen molar-refractivity contribution in [2.24, 2.45) is 11.7 Å². The Bertz CT molecular complexity index is 266. The molecule has 0 bridgehead atoms. The van der Waals surface area contributed by atoms with Crippen LogP contribution in [0.15, 0.2) is 0 Å². The first kappa shape index (κ1) is 13.0. The molecule has 0 saturated heterocycles. The molecular weight excluding hydrogens is 208 g/mol. The van der Waals surface area contributed by atoms with Gasteiger partial charge in [0.25, 0.3) is 0 Å². The van der Waals surface area contributed by atoms with Gasteiger partial charge >= 0.3 is 5.97 Å². The molecule has 1 unspecified atom stereocenters. The minimum Gasteiger partial charge on any atom is -0.481 e. The van der Waals surface area contributed by atoms with Crippen molar-refractivity contribution in [2.45, 2.75) is 51.1 Å². The van der Waals surface area contributed by atoms with Gasteiger partial charge in [0.2, 0.25) is 5.91 Å². The number of amides is 1. The van der Waals surface area contributed by atoms with E-state index in [1.165, 1.54) is 0 Å². The molecule has 1 amide bonds. The van der Waals surface area contributed by atoms with Crippen LogP contribution in [0.25, 0.3) is 0 Å². The van der Waals surface area contributed by atoms with Crippen LogP contribution in [0.1, 0.15) is 39.0 Å². The molecule has 5 heteroatoms. The molecule has 16 heavy (non-hydrogen) atoms. The lowest BCUT2D eigenvalue weighted by Gasteiger charge is -2.12. The maximum absolute atomic E-state index is 11.5. The van der Waals surface area contributed by atoms with Crippen LogP contribution >= 0.6 is 0 Å². The van der Waals surface area contributed by atoms with Crippen molar-refractivity contribution in [1.29, 1.82) is 0 Å². The smallest absolute Gasteiger partial charge is 0.306 e. The molecule has 1 aliphatic carbocycles. The highest BCUT2D eigenvalue weighted by Gasteiger charge is 2.30. The fourth-order valence-corrected chi connectivity index (χ4v) is 2.00. The third-order valence-electron chi connectivity index (χ3n) is 2.97. The van der Waals surface area contributed by atoms with E-state index in [4.69, 9.17) is 10.8 Å². The number of carboxylic acids is 1. The number of carbonyl (C=O) groups excluding carboxylic acids is 1. The van der Waals surface area contributed by atoms with E-state index >= 15 is 0 Å². The molecule has 1 aliphatic rings. The van der Waals surface area contributed by atoms with Gasteiger partial charge in [-0.3, -0.25) is 9.59 Å². The van der Waals surface area contributed by atoms with Crippen LogP contribution in [-0.2, 0) is 9.59 Å². The molecular formula is C11H20N2O3. The maximum Gasteiger partial charge on any atom is 0.306 e. The second-order valence-electron chi connectivity index (χ2n) is 4.63. The number of carboxylic acid groups (broad SMARTS) is 1. The number of rotatable bonds is 5. The molecule has 4 N–H and O–H groups in total. The number of hydrogen-bond acceptors (Lipinski definition) is 3. The monoisotopic (exact) mass is 228 g/mol. The van der Waals surface area contributed by atoms with Crippen LogP contribution < -0.4 is 11.1 Å². The van der Waals surface area contributed by atoms with Gasteiger partial charge in [0.15, 0.2) is 0 Å². The van der Waals surface area contributed by atoms with Crippen molar-refractivity contribution in [3.8, 4) is 0 Å². The number of carbonyl (C=O) groups is 2. The Balaban J connectivity index is 2.23. The summed E-state index contributed by atoms with van der Waals surface area (Å²) in [4.78, 5) is 22.2. The van der Waals surface area contributed by atoms with Crippen molar-refractivity contribution in [3.63, 3.8) is 0 Å². The second-order valence-corrected chi connectivity index (χ2v) is 4.63. The van der Waals surface area contributed by atoms with Gasteiger partial charge in [0.05, 0.1) is 5.92 Å². The average molecular weight is 228 g/mol. The molecule has 0 aromatic heterocycles. The average Bonchev–Trinajstić information content (AvgIpc) is 2.63. The van der Waals surface area contributed by atoms with Crippen LogP contribution in [-0.4, -0.2) is 29.1 Å². The molecule has 0 aromatic rings. The second kappa shape index (κ2) is 5.84. The molecule has 0 spiro atoms. The minimum absolute atomic E-state index is 0.0201. The zero-order chi connectivity index (χ0) is 12.1. The van der Waals surface area contributed by atoms with E-state index in [2.05, 4.69) is 5.32 Å². The van der Waals surface area contributed by atoms with Crippen LogP contribution in [0.3, 0.4) is 0 Å². The van der Waals surface area contributed by atoms with Crippen LogP contribution in [0.4, 0.5) is 0 Å². The third kappa shape index (κ3) is 4.18. The van der Waals surface area contributed by atoms with Crippen molar-refractivity contribution >= 4 is 11.9 Å². The van der Waals surface area contributed by atoms with E-state index in [0.29, 0.717) is 25.7 Å². The Morgan fingerprint density at radius 3 is 2.69 bits per heavy atom. The highest BCUT2D eigenvalue weighted by molar-refractivity contribution is 5.76. The maximum atomic E-state index is 11.5. The van der Waals surface area contributed by atoms with Crippen LogP contribution in [0.2, 0.25) is 0 Å². The largest absolute Gasteiger partial charge is 0.481 e. The highest BCUT2D eigenvalue weighted by atomic mass is 16.4. The summed E-state index contributed by atoms with van der Waals surface area (Å²) in [5.41, 5.74) is 5.55. The Morgan fingerprint density at radius 1 is 1.50 bits per heavy atom. The summed E-state index contributed by atoms with van der Waals surface area (Å²) in [6, 6.07) is 0.0581. The molecule has 0 heterocycles.